The van der Waals surface area contributed by atoms with Crippen LogP contribution in [0.5, 0.6) is 0 Å². The average Bonchev–Trinajstić information content (AvgIpc) is 3.16. The summed E-state index contributed by atoms with van der Waals surface area (Å²) in [4.78, 5) is 24.8. The molecule has 0 aliphatic heterocycles. The van der Waals surface area contributed by atoms with E-state index in [1.165, 1.54) is 37.9 Å². The van der Waals surface area contributed by atoms with E-state index in [-0.39, 0.29) is 11.8 Å². The Morgan fingerprint density at radius 2 is 2.05 bits per heavy atom. The molecular weight excluding hydrogens is 297 g/mol. The van der Waals surface area contributed by atoms with Gasteiger partial charge in [-0.3, -0.25) is 4.79 Å². The molecular formula is C15H17ClFNO3. The van der Waals surface area contributed by atoms with Crippen molar-refractivity contribution < 1.29 is 19.1 Å². The summed E-state index contributed by atoms with van der Waals surface area (Å²) in [7, 11) is 1.45. The van der Waals surface area contributed by atoms with Crippen LogP contribution >= 0.6 is 11.6 Å². The lowest BCUT2D eigenvalue weighted by Gasteiger charge is -2.31. The molecule has 4 nitrogen and oxygen atoms in total. The lowest BCUT2D eigenvalue weighted by Crippen LogP contribution is -2.51. The van der Waals surface area contributed by atoms with Gasteiger partial charge < -0.3 is 10.0 Å². The van der Waals surface area contributed by atoms with E-state index in [9.17, 15) is 14.0 Å². The molecule has 114 valence electrons. The van der Waals surface area contributed by atoms with Gasteiger partial charge in [0.25, 0.3) is 0 Å². The van der Waals surface area contributed by atoms with Crippen molar-refractivity contribution in [3.05, 3.63) is 34.6 Å². The number of amides is 1. The highest BCUT2D eigenvalue weighted by molar-refractivity contribution is 6.31. The van der Waals surface area contributed by atoms with E-state index in [4.69, 9.17) is 16.7 Å². The first-order valence-corrected chi connectivity index (χ1v) is 7.00. The van der Waals surface area contributed by atoms with Crippen molar-refractivity contribution in [2.75, 3.05) is 7.05 Å². The highest BCUT2D eigenvalue weighted by Gasteiger charge is 2.50. The Labute approximate surface area is 127 Å². The number of benzene rings is 1. The highest BCUT2D eigenvalue weighted by atomic mass is 35.5. The molecule has 1 fully saturated rings. The number of likely N-dealkylation sites (N-methyl/N-ethyl adjacent to an activating group) is 1. The quantitative estimate of drug-likeness (QED) is 0.930. The van der Waals surface area contributed by atoms with Gasteiger partial charge in [0, 0.05) is 29.5 Å². The zero-order chi connectivity index (χ0) is 15.9. The first-order valence-electron chi connectivity index (χ1n) is 6.63. The van der Waals surface area contributed by atoms with Crippen LogP contribution in [0.1, 0.15) is 31.7 Å². The van der Waals surface area contributed by atoms with Gasteiger partial charge in [0.05, 0.1) is 0 Å². The highest BCUT2D eigenvalue weighted by Crippen LogP contribution is 2.51. The molecule has 0 radical (unpaired) electrons. The predicted molar refractivity (Wildman–Crippen MR) is 76.7 cm³/mol. The SMILES string of the molecule is CN(C(=O)C1CC1c1c(F)cccc1Cl)C(C)(C)C(=O)O. The molecule has 2 atom stereocenters. The molecule has 0 heterocycles. The Balaban J connectivity index is 2.17. The van der Waals surface area contributed by atoms with Gasteiger partial charge in [-0.25, -0.2) is 9.18 Å². The Morgan fingerprint density at radius 3 is 2.57 bits per heavy atom. The van der Waals surface area contributed by atoms with E-state index in [1.54, 1.807) is 6.07 Å². The van der Waals surface area contributed by atoms with Crippen molar-refractivity contribution >= 4 is 23.5 Å². The van der Waals surface area contributed by atoms with E-state index in [1.807, 2.05) is 0 Å². The van der Waals surface area contributed by atoms with Crippen LogP contribution in [0, 0.1) is 11.7 Å². The molecule has 2 rings (SSSR count). The van der Waals surface area contributed by atoms with E-state index in [0.29, 0.717) is 17.0 Å². The van der Waals surface area contributed by atoms with Crippen LogP contribution in [0.2, 0.25) is 5.02 Å². The van der Waals surface area contributed by atoms with Crippen LogP contribution < -0.4 is 0 Å². The first-order chi connectivity index (χ1) is 9.67. The number of carboxylic acids is 1. The largest absolute Gasteiger partial charge is 0.480 e. The fraction of sp³-hybridized carbons (Fsp3) is 0.467. The maximum Gasteiger partial charge on any atom is 0.329 e. The second-order valence-corrected chi connectivity index (χ2v) is 6.25. The van der Waals surface area contributed by atoms with Gasteiger partial charge in [0.1, 0.15) is 11.4 Å². The molecule has 0 saturated heterocycles. The van der Waals surface area contributed by atoms with Gasteiger partial charge in [-0.15, -0.1) is 0 Å². The van der Waals surface area contributed by atoms with Gasteiger partial charge in [-0.1, -0.05) is 17.7 Å². The second-order valence-electron chi connectivity index (χ2n) is 5.85. The monoisotopic (exact) mass is 313 g/mol. The van der Waals surface area contributed by atoms with Crippen molar-refractivity contribution in [2.45, 2.75) is 31.7 Å². The Bertz CT molecular complexity index is 582. The summed E-state index contributed by atoms with van der Waals surface area (Å²) in [6.45, 7) is 2.92. The maximum atomic E-state index is 13.8. The van der Waals surface area contributed by atoms with Gasteiger partial charge in [0.15, 0.2) is 0 Å². The number of carbonyl (C=O) groups excluding carboxylic acids is 1. The predicted octanol–water partition coefficient (Wildman–Crippen LogP) is 2.90. The van der Waals surface area contributed by atoms with Crippen LogP contribution in [-0.4, -0.2) is 34.5 Å². The second kappa shape index (κ2) is 5.30. The summed E-state index contributed by atoms with van der Waals surface area (Å²) >= 11 is 6.00. The van der Waals surface area contributed by atoms with Crippen LogP contribution in [-0.2, 0) is 9.59 Å². The summed E-state index contributed by atoms with van der Waals surface area (Å²) in [5.74, 6) is -2.50. The first kappa shape index (κ1) is 15.8. The number of hydrogen-bond donors (Lipinski definition) is 1. The van der Waals surface area contributed by atoms with Crippen molar-refractivity contribution in [3.8, 4) is 0 Å². The summed E-state index contributed by atoms with van der Waals surface area (Å²) in [6.07, 6.45) is 0.486. The van der Waals surface area contributed by atoms with E-state index < -0.39 is 23.2 Å². The lowest BCUT2D eigenvalue weighted by molar-refractivity contribution is -0.155. The van der Waals surface area contributed by atoms with Crippen molar-refractivity contribution in [1.82, 2.24) is 4.90 Å². The standard InChI is InChI=1S/C15H17ClFNO3/c1-15(2,14(20)21)18(3)13(19)9-7-8(9)12-10(16)5-4-6-11(12)17/h4-6,8-9H,7H2,1-3H3,(H,20,21). The summed E-state index contributed by atoms with van der Waals surface area (Å²) in [5, 5.41) is 9.46. The zero-order valence-corrected chi connectivity index (χ0v) is 12.8. The molecule has 1 aromatic carbocycles. The fourth-order valence-corrected chi connectivity index (χ4v) is 2.62. The molecule has 1 amide bonds. The lowest BCUT2D eigenvalue weighted by atomic mass is 10.0. The van der Waals surface area contributed by atoms with E-state index in [0.717, 1.165) is 0 Å². The number of hydrogen-bond acceptors (Lipinski definition) is 2. The minimum absolute atomic E-state index is 0.279. The molecule has 2 unspecified atom stereocenters. The minimum atomic E-state index is -1.30. The molecule has 1 N–H and O–H groups in total. The summed E-state index contributed by atoms with van der Waals surface area (Å²) < 4.78 is 13.8. The molecule has 1 aliphatic carbocycles. The molecule has 21 heavy (non-hydrogen) atoms. The average molecular weight is 314 g/mol. The van der Waals surface area contributed by atoms with Gasteiger partial charge in [-0.05, 0) is 32.4 Å². The minimum Gasteiger partial charge on any atom is -0.480 e. The third-order valence-corrected chi connectivity index (χ3v) is 4.50. The van der Waals surface area contributed by atoms with Crippen LogP contribution in [0.15, 0.2) is 18.2 Å². The van der Waals surface area contributed by atoms with Crippen LogP contribution in [0.3, 0.4) is 0 Å². The number of halogens is 2. The van der Waals surface area contributed by atoms with Crippen LogP contribution in [0.4, 0.5) is 4.39 Å². The third kappa shape index (κ3) is 2.75. The molecule has 0 spiro atoms. The summed E-state index contributed by atoms with van der Waals surface area (Å²) in [6, 6.07) is 4.41. The normalized spacial score (nSPS) is 21.0. The fourth-order valence-electron chi connectivity index (χ4n) is 2.32. The van der Waals surface area contributed by atoms with E-state index >= 15 is 0 Å². The van der Waals surface area contributed by atoms with Crippen LogP contribution in [0.25, 0.3) is 0 Å². The third-order valence-electron chi connectivity index (χ3n) is 4.17. The molecule has 0 bridgehead atoms. The molecule has 1 saturated carbocycles. The van der Waals surface area contributed by atoms with E-state index in [2.05, 4.69) is 0 Å². The summed E-state index contributed by atoms with van der Waals surface area (Å²) in [5.41, 5.74) is -0.956. The van der Waals surface area contributed by atoms with Gasteiger partial charge in [0.2, 0.25) is 5.91 Å². The number of rotatable bonds is 4. The van der Waals surface area contributed by atoms with Gasteiger partial charge in [-0.2, -0.15) is 0 Å². The Kier molecular flexibility index (Phi) is 3.97. The maximum absolute atomic E-state index is 13.8. The molecule has 6 heteroatoms. The van der Waals surface area contributed by atoms with Gasteiger partial charge >= 0.3 is 5.97 Å². The van der Waals surface area contributed by atoms with Crippen molar-refractivity contribution in [1.29, 1.82) is 0 Å². The Hall–Kier alpha value is -1.62. The van der Waals surface area contributed by atoms with Crippen molar-refractivity contribution in [2.24, 2.45) is 5.92 Å². The van der Waals surface area contributed by atoms with Crippen molar-refractivity contribution in [3.63, 3.8) is 0 Å². The topological polar surface area (TPSA) is 57.6 Å². The molecule has 0 aromatic heterocycles. The Morgan fingerprint density at radius 1 is 1.43 bits per heavy atom. The number of nitrogens with zero attached hydrogens (tertiary/aromatic N) is 1. The molecule has 1 aromatic rings. The number of carboxylic acid groups (broad SMARTS) is 1. The number of aliphatic carboxylic acids is 1. The smallest absolute Gasteiger partial charge is 0.329 e. The number of carbonyl (C=O) groups is 2. The molecule has 1 aliphatic rings. The zero-order valence-electron chi connectivity index (χ0n) is 12.1.